The number of carbonyl (C=O) groups is 2. The molecule has 106 valence electrons. The van der Waals surface area contributed by atoms with Gasteiger partial charge in [-0.15, -0.1) is 0 Å². The number of fused-ring (bicyclic) bond motifs is 1. The van der Waals surface area contributed by atoms with Crippen LogP contribution in [0.5, 0.6) is 0 Å². The van der Waals surface area contributed by atoms with Gasteiger partial charge in [0, 0.05) is 23.9 Å². The standard InChI is InChI=1S/C16H13ClN2O2/c1-19-14-5-3-9(6-11(14)8-15(19)20)16(21)10-2-4-12(17)13(18)7-10/h2-7H,8,18H2,1H3. The normalized spacial score (nSPS) is 13.4. The number of amides is 1. The minimum absolute atomic E-state index is 0.0327. The van der Waals surface area contributed by atoms with Crippen molar-refractivity contribution in [3.8, 4) is 0 Å². The molecule has 2 aromatic carbocycles. The van der Waals surface area contributed by atoms with Gasteiger partial charge in [0.1, 0.15) is 0 Å². The van der Waals surface area contributed by atoms with Gasteiger partial charge in [-0.05, 0) is 42.0 Å². The van der Waals surface area contributed by atoms with Gasteiger partial charge in [0.2, 0.25) is 5.91 Å². The summed E-state index contributed by atoms with van der Waals surface area (Å²) in [5.41, 5.74) is 8.85. The molecule has 21 heavy (non-hydrogen) atoms. The van der Waals surface area contributed by atoms with Crippen LogP contribution in [-0.4, -0.2) is 18.7 Å². The number of nitrogen functional groups attached to an aromatic ring is 1. The number of nitrogens with zero attached hydrogens (tertiary/aromatic N) is 1. The maximum atomic E-state index is 12.5. The molecule has 0 radical (unpaired) electrons. The molecule has 0 saturated carbocycles. The summed E-state index contributed by atoms with van der Waals surface area (Å²) in [4.78, 5) is 25.8. The molecular weight excluding hydrogens is 288 g/mol. The van der Waals surface area contributed by atoms with Crippen molar-refractivity contribution in [1.29, 1.82) is 0 Å². The first-order valence-corrected chi connectivity index (χ1v) is 6.84. The number of likely N-dealkylation sites (N-methyl/N-ethyl adjacent to an activating group) is 1. The Balaban J connectivity index is 1.98. The van der Waals surface area contributed by atoms with Crippen molar-refractivity contribution < 1.29 is 9.59 Å². The lowest BCUT2D eigenvalue weighted by Crippen LogP contribution is -2.20. The Kier molecular flexibility index (Phi) is 3.18. The van der Waals surface area contributed by atoms with E-state index in [2.05, 4.69) is 0 Å². The molecule has 0 fully saturated rings. The third-order valence-corrected chi connectivity index (χ3v) is 4.02. The first kappa shape index (κ1) is 13.6. The van der Waals surface area contributed by atoms with Crippen LogP contribution in [0, 0.1) is 0 Å². The highest BCUT2D eigenvalue weighted by Crippen LogP contribution is 2.29. The predicted molar refractivity (Wildman–Crippen MR) is 82.9 cm³/mol. The van der Waals surface area contributed by atoms with E-state index in [9.17, 15) is 9.59 Å². The van der Waals surface area contributed by atoms with Gasteiger partial charge in [-0.2, -0.15) is 0 Å². The Labute approximate surface area is 127 Å². The largest absolute Gasteiger partial charge is 0.398 e. The van der Waals surface area contributed by atoms with Crippen molar-refractivity contribution in [2.45, 2.75) is 6.42 Å². The van der Waals surface area contributed by atoms with Crippen molar-refractivity contribution in [2.75, 3.05) is 17.7 Å². The van der Waals surface area contributed by atoms with E-state index in [0.29, 0.717) is 28.3 Å². The number of nitrogens with two attached hydrogens (primary N) is 1. The molecule has 0 unspecified atom stereocenters. The molecule has 0 spiro atoms. The van der Waals surface area contributed by atoms with E-state index >= 15 is 0 Å². The molecule has 3 rings (SSSR count). The molecule has 1 amide bonds. The van der Waals surface area contributed by atoms with Crippen LogP contribution >= 0.6 is 11.6 Å². The van der Waals surface area contributed by atoms with Gasteiger partial charge in [0.15, 0.2) is 5.78 Å². The van der Waals surface area contributed by atoms with Crippen molar-refractivity contribution in [3.63, 3.8) is 0 Å². The zero-order chi connectivity index (χ0) is 15.1. The quantitative estimate of drug-likeness (QED) is 0.685. The summed E-state index contributed by atoms with van der Waals surface area (Å²) >= 11 is 5.86. The summed E-state index contributed by atoms with van der Waals surface area (Å²) in [6.07, 6.45) is 0.329. The minimum atomic E-state index is -0.136. The molecule has 0 saturated heterocycles. The highest BCUT2D eigenvalue weighted by molar-refractivity contribution is 6.33. The summed E-state index contributed by atoms with van der Waals surface area (Å²) in [6.45, 7) is 0. The molecule has 1 aliphatic rings. The molecule has 0 aliphatic carbocycles. The highest BCUT2D eigenvalue weighted by Gasteiger charge is 2.25. The van der Waals surface area contributed by atoms with Crippen LogP contribution in [-0.2, 0) is 11.2 Å². The lowest BCUT2D eigenvalue weighted by molar-refractivity contribution is -0.117. The molecule has 1 heterocycles. The molecule has 2 N–H and O–H groups in total. The molecule has 4 nitrogen and oxygen atoms in total. The third-order valence-electron chi connectivity index (χ3n) is 3.68. The van der Waals surface area contributed by atoms with Crippen LogP contribution in [0.2, 0.25) is 5.02 Å². The van der Waals surface area contributed by atoms with Gasteiger partial charge in [-0.3, -0.25) is 9.59 Å². The van der Waals surface area contributed by atoms with Crippen LogP contribution in [0.3, 0.4) is 0 Å². The number of benzene rings is 2. The van der Waals surface area contributed by atoms with Crippen molar-refractivity contribution in [2.24, 2.45) is 0 Å². The summed E-state index contributed by atoms with van der Waals surface area (Å²) in [7, 11) is 1.73. The van der Waals surface area contributed by atoms with Crippen LogP contribution in [0.4, 0.5) is 11.4 Å². The fourth-order valence-electron chi connectivity index (χ4n) is 2.46. The van der Waals surface area contributed by atoms with E-state index in [1.807, 2.05) is 0 Å². The van der Waals surface area contributed by atoms with Crippen LogP contribution in [0.15, 0.2) is 36.4 Å². The first-order chi connectivity index (χ1) is 9.97. The van der Waals surface area contributed by atoms with Crippen LogP contribution in [0.25, 0.3) is 0 Å². The van der Waals surface area contributed by atoms with Gasteiger partial charge >= 0.3 is 0 Å². The molecule has 5 heteroatoms. The molecular formula is C16H13ClN2O2. The zero-order valence-corrected chi connectivity index (χ0v) is 12.1. The number of halogens is 1. The Bertz CT molecular complexity index is 771. The van der Waals surface area contributed by atoms with Crippen LogP contribution in [0.1, 0.15) is 21.5 Å². The second-order valence-corrected chi connectivity index (χ2v) is 5.45. The number of ketones is 1. The van der Waals surface area contributed by atoms with Gasteiger partial charge in [-0.1, -0.05) is 11.6 Å². The SMILES string of the molecule is CN1C(=O)Cc2cc(C(=O)c3ccc(Cl)c(N)c3)ccc21. The third kappa shape index (κ3) is 2.28. The van der Waals surface area contributed by atoms with E-state index in [0.717, 1.165) is 11.3 Å². The minimum Gasteiger partial charge on any atom is -0.398 e. The van der Waals surface area contributed by atoms with Gasteiger partial charge in [-0.25, -0.2) is 0 Å². The zero-order valence-electron chi connectivity index (χ0n) is 11.4. The number of rotatable bonds is 2. The van der Waals surface area contributed by atoms with E-state index < -0.39 is 0 Å². The monoisotopic (exact) mass is 300 g/mol. The summed E-state index contributed by atoms with van der Waals surface area (Å²) in [6, 6.07) is 10.1. The number of hydrogen-bond donors (Lipinski definition) is 1. The lowest BCUT2D eigenvalue weighted by atomic mass is 10.00. The fourth-order valence-corrected chi connectivity index (χ4v) is 2.58. The average Bonchev–Trinajstić information content (AvgIpc) is 2.76. The lowest BCUT2D eigenvalue weighted by Gasteiger charge is -2.10. The Morgan fingerprint density at radius 2 is 1.86 bits per heavy atom. The van der Waals surface area contributed by atoms with E-state index in [4.69, 9.17) is 17.3 Å². The van der Waals surface area contributed by atoms with E-state index in [1.54, 1.807) is 48.3 Å². The van der Waals surface area contributed by atoms with Gasteiger partial charge in [0.05, 0.1) is 17.1 Å². The van der Waals surface area contributed by atoms with Crippen molar-refractivity contribution in [3.05, 3.63) is 58.1 Å². The number of carbonyl (C=O) groups excluding carboxylic acids is 2. The summed E-state index contributed by atoms with van der Waals surface area (Å²) < 4.78 is 0. The number of anilines is 2. The van der Waals surface area contributed by atoms with Crippen molar-refractivity contribution >= 4 is 34.7 Å². The predicted octanol–water partition coefficient (Wildman–Crippen LogP) is 2.67. The van der Waals surface area contributed by atoms with Gasteiger partial charge in [0.25, 0.3) is 0 Å². The summed E-state index contributed by atoms with van der Waals surface area (Å²) in [5, 5.41) is 0.424. The fraction of sp³-hybridized carbons (Fsp3) is 0.125. The topological polar surface area (TPSA) is 63.4 Å². The molecule has 0 aromatic heterocycles. The van der Waals surface area contributed by atoms with Crippen LogP contribution < -0.4 is 10.6 Å². The number of hydrogen-bond acceptors (Lipinski definition) is 3. The Morgan fingerprint density at radius 3 is 2.57 bits per heavy atom. The summed E-state index contributed by atoms with van der Waals surface area (Å²) in [5.74, 6) is -0.103. The molecule has 2 aromatic rings. The molecule has 0 bridgehead atoms. The molecule has 0 atom stereocenters. The average molecular weight is 301 g/mol. The second-order valence-electron chi connectivity index (χ2n) is 5.04. The van der Waals surface area contributed by atoms with Crippen molar-refractivity contribution in [1.82, 2.24) is 0 Å². The Morgan fingerprint density at radius 1 is 1.19 bits per heavy atom. The Hall–Kier alpha value is -2.33. The maximum Gasteiger partial charge on any atom is 0.231 e. The van der Waals surface area contributed by atoms with E-state index in [-0.39, 0.29) is 11.7 Å². The van der Waals surface area contributed by atoms with Gasteiger partial charge < -0.3 is 10.6 Å². The maximum absolute atomic E-state index is 12.5. The second kappa shape index (κ2) is 4.90. The highest BCUT2D eigenvalue weighted by atomic mass is 35.5. The first-order valence-electron chi connectivity index (χ1n) is 6.46. The van der Waals surface area contributed by atoms with E-state index in [1.165, 1.54) is 0 Å². The smallest absolute Gasteiger partial charge is 0.231 e. The molecule has 1 aliphatic heterocycles.